The fraction of sp³-hybridized carbons (Fsp3) is 0.400. The molecule has 2 rings (SSSR count). The summed E-state index contributed by atoms with van der Waals surface area (Å²) in [6.07, 6.45) is 0.0871. The molecular formula is C15H18N2O3S2. The van der Waals surface area contributed by atoms with Gasteiger partial charge in [-0.25, -0.2) is 4.98 Å². The lowest BCUT2D eigenvalue weighted by Crippen LogP contribution is -2.11. The highest BCUT2D eigenvalue weighted by molar-refractivity contribution is 8.23. The third-order valence-corrected chi connectivity index (χ3v) is 4.05. The van der Waals surface area contributed by atoms with E-state index in [1.165, 1.54) is 11.8 Å². The smallest absolute Gasteiger partial charge is 0.304 e. The first-order chi connectivity index (χ1) is 10.3. The summed E-state index contributed by atoms with van der Waals surface area (Å²) in [7, 11) is 0. The molecule has 7 heteroatoms. The molecular weight excluding hydrogens is 320 g/mol. The molecule has 1 heterocycles. The van der Waals surface area contributed by atoms with E-state index < -0.39 is 5.97 Å². The first-order valence-electron chi connectivity index (χ1n) is 6.82. The van der Waals surface area contributed by atoms with Crippen molar-refractivity contribution in [3.63, 3.8) is 0 Å². The van der Waals surface area contributed by atoms with Crippen molar-refractivity contribution >= 4 is 51.1 Å². The second-order valence-corrected chi connectivity index (χ2v) is 7.63. The Morgan fingerprint density at radius 2 is 2.18 bits per heavy atom. The van der Waals surface area contributed by atoms with Crippen molar-refractivity contribution in [2.75, 3.05) is 11.1 Å². The van der Waals surface area contributed by atoms with Crippen molar-refractivity contribution in [2.24, 2.45) is 0 Å². The molecule has 0 aliphatic carbocycles. The van der Waals surface area contributed by atoms with Crippen LogP contribution in [0.2, 0.25) is 0 Å². The minimum atomic E-state index is -0.825. The first kappa shape index (κ1) is 16.8. The number of oxazole rings is 1. The molecule has 0 spiro atoms. The van der Waals surface area contributed by atoms with Gasteiger partial charge in [0.15, 0.2) is 5.58 Å². The average Bonchev–Trinajstić information content (AvgIpc) is 2.81. The number of aliphatic carboxylic acids is 1. The zero-order valence-electron chi connectivity index (χ0n) is 12.7. The van der Waals surface area contributed by atoms with E-state index in [-0.39, 0.29) is 11.8 Å². The van der Waals surface area contributed by atoms with Gasteiger partial charge in [-0.15, -0.1) is 0 Å². The van der Waals surface area contributed by atoms with Crippen LogP contribution in [0.25, 0.3) is 11.1 Å². The van der Waals surface area contributed by atoms with E-state index in [4.69, 9.17) is 21.7 Å². The second kappa shape index (κ2) is 6.66. The van der Waals surface area contributed by atoms with Gasteiger partial charge in [-0.1, -0.05) is 44.8 Å². The number of rotatable bonds is 4. The number of nitrogens with one attached hydrogen (secondary N) is 1. The molecule has 5 nitrogen and oxygen atoms in total. The summed E-state index contributed by atoms with van der Waals surface area (Å²) in [4.78, 5) is 15.0. The average molecular weight is 338 g/mol. The maximum atomic E-state index is 10.5. The number of carbonyl (C=O) groups is 1. The van der Waals surface area contributed by atoms with Gasteiger partial charge in [-0.2, -0.15) is 0 Å². The van der Waals surface area contributed by atoms with Gasteiger partial charge in [-0.05, 0) is 18.2 Å². The summed E-state index contributed by atoms with van der Waals surface area (Å²) in [6.45, 7) is 6.14. The fourth-order valence-corrected chi connectivity index (χ4v) is 2.73. The van der Waals surface area contributed by atoms with Crippen molar-refractivity contribution in [2.45, 2.75) is 32.6 Å². The number of fused-ring (bicyclic) bond motifs is 1. The summed E-state index contributed by atoms with van der Waals surface area (Å²) >= 11 is 6.50. The summed E-state index contributed by atoms with van der Waals surface area (Å²) in [5.74, 6) is 0.314. The number of carboxylic acids is 1. The highest BCUT2D eigenvalue weighted by Gasteiger charge is 2.20. The largest absolute Gasteiger partial charge is 0.481 e. The zero-order chi connectivity index (χ0) is 16.3. The third-order valence-electron chi connectivity index (χ3n) is 2.82. The van der Waals surface area contributed by atoms with Crippen molar-refractivity contribution in [3.8, 4) is 0 Å². The lowest BCUT2D eigenvalue weighted by Gasteiger charge is -2.11. The molecule has 0 bridgehead atoms. The maximum Gasteiger partial charge on any atom is 0.304 e. The molecule has 0 unspecified atom stereocenters. The Bertz CT molecular complexity index is 704. The van der Waals surface area contributed by atoms with Crippen LogP contribution in [-0.2, 0) is 10.2 Å². The van der Waals surface area contributed by atoms with Crippen LogP contribution < -0.4 is 5.32 Å². The Morgan fingerprint density at radius 3 is 2.82 bits per heavy atom. The predicted octanol–water partition coefficient (Wildman–Crippen LogP) is 4.03. The van der Waals surface area contributed by atoms with Gasteiger partial charge in [0, 0.05) is 16.9 Å². The molecule has 0 aliphatic heterocycles. The lowest BCUT2D eigenvalue weighted by atomic mass is 9.97. The van der Waals surface area contributed by atoms with Crippen LogP contribution in [0, 0.1) is 0 Å². The number of carboxylic acid groups (broad SMARTS) is 1. The van der Waals surface area contributed by atoms with Crippen molar-refractivity contribution in [1.82, 2.24) is 4.98 Å². The molecule has 0 saturated heterocycles. The molecule has 0 radical (unpaired) electrons. The van der Waals surface area contributed by atoms with E-state index in [2.05, 4.69) is 10.3 Å². The number of anilines is 1. The van der Waals surface area contributed by atoms with Gasteiger partial charge in [0.05, 0.1) is 6.42 Å². The van der Waals surface area contributed by atoms with E-state index in [0.717, 1.165) is 16.8 Å². The number of thioether (sulfide) groups is 1. The molecule has 1 aromatic carbocycles. The predicted molar refractivity (Wildman–Crippen MR) is 93.6 cm³/mol. The van der Waals surface area contributed by atoms with Gasteiger partial charge in [0.2, 0.25) is 5.89 Å². The van der Waals surface area contributed by atoms with E-state index >= 15 is 0 Å². The van der Waals surface area contributed by atoms with Crippen molar-refractivity contribution in [3.05, 3.63) is 24.1 Å². The standard InChI is InChI=1S/C15H18N2O3S2/c1-15(2,3)13-17-10-8-9(4-5-11(10)20-13)16-14(21)22-7-6-12(18)19/h4-5,8H,6-7H2,1-3H3,(H,16,21)(H,18,19). The lowest BCUT2D eigenvalue weighted by molar-refractivity contribution is -0.136. The van der Waals surface area contributed by atoms with Crippen molar-refractivity contribution in [1.29, 1.82) is 0 Å². The molecule has 1 aromatic heterocycles. The third kappa shape index (κ3) is 4.45. The maximum absolute atomic E-state index is 10.5. The SMILES string of the molecule is CC(C)(C)c1nc2cc(NC(=S)SCCC(=O)O)ccc2o1. The number of thiocarbonyl (C=S) groups is 1. The van der Waals surface area contributed by atoms with Gasteiger partial charge >= 0.3 is 5.97 Å². The minimum absolute atomic E-state index is 0.0871. The molecule has 0 aliphatic rings. The Kier molecular flexibility index (Phi) is 5.08. The van der Waals surface area contributed by atoms with Crippen LogP contribution >= 0.6 is 24.0 Å². The topological polar surface area (TPSA) is 75.4 Å². The van der Waals surface area contributed by atoms with Crippen LogP contribution in [-0.4, -0.2) is 26.1 Å². The first-order valence-corrected chi connectivity index (χ1v) is 8.22. The minimum Gasteiger partial charge on any atom is -0.481 e. The van der Waals surface area contributed by atoms with Crippen LogP contribution in [0.5, 0.6) is 0 Å². The van der Waals surface area contributed by atoms with Crippen LogP contribution in [0.15, 0.2) is 22.6 Å². The Morgan fingerprint density at radius 1 is 1.45 bits per heavy atom. The van der Waals surface area contributed by atoms with Crippen LogP contribution in [0.4, 0.5) is 5.69 Å². The summed E-state index contributed by atoms with van der Waals surface area (Å²) in [5, 5.41) is 11.7. The van der Waals surface area contributed by atoms with Crippen LogP contribution in [0.3, 0.4) is 0 Å². The van der Waals surface area contributed by atoms with Gasteiger partial charge in [-0.3, -0.25) is 4.79 Å². The fourth-order valence-electron chi connectivity index (χ4n) is 1.71. The molecule has 2 N–H and O–H groups in total. The number of hydrogen-bond donors (Lipinski definition) is 2. The van der Waals surface area contributed by atoms with Crippen LogP contribution in [0.1, 0.15) is 33.1 Å². The number of aromatic nitrogens is 1. The van der Waals surface area contributed by atoms with Gasteiger partial charge < -0.3 is 14.8 Å². The molecule has 2 aromatic rings. The molecule has 0 saturated carbocycles. The molecule has 0 fully saturated rings. The normalized spacial score (nSPS) is 11.6. The molecule has 22 heavy (non-hydrogen) atoms. The highest BCUT2D eigenvalue weighted by Crippen LogP contribution is 2.27. The Labute approximate surface area is 138 Å². The Hall–Kier alpha value is -1.60. The van der Waals surface area contributed by atoms with Gasteiger partial charge in [0.25, 0.3) is 0 Å². The Balaban J connectivity index is 2.06. The molecule has 118 valence electrons. The number of benzene rings is 1. The zero-order valence-corrected chi connectivity index (χ0v) is 14.3. The molecule has 0 amide bonds. The summed E-state index contributed by atoms with van der Waals surface area (Å²) < 4.78 is 6.28. The van der Waals surface area contributed by atoms with Crippen molar-refractivity contribution < 1.29 is 14.3 Å². The van der Waals surface area contributed by atoms with Gasteiger partial charge in [0.1, 0.15) is 9.84 Å². The van der Waals surface area contributed by atoms with E-state index in [1.54, 1.807) is 0 Å². The summed E-state index contributed by atoms with van der Waals surface area (Å²) in [6, 6.07) is 5.59. The number of nitrogens with zero attached hydrogens (tertiary/aromatic N) is 1. The summed E-state index contributed by atoms with van der Waals surface area (Å²) in [5.41, 5.74) is 2.18. The van der Waals surface area contributed by atoms with E-state index in [0.29, 0.717) is 16.0 Å². The number of hydrogen-bond acceptors (Lipinski definition) is 5. The monoisotopic (exact) mass is 338 g/mol. The quantitative estimate of drug-likeness (QED) is 0.815. The second-order valence-electron chi connectivity index (χ2n) is 5.86. The molecule has 0 atom stereocenters. The van der Waals surface area contributed by atoms with E-state index in [9.17, 15) is 4.79 Å². The highest BCUT2D eigenvalue weighted by atomic mass is 32.2. The van der Waals surface area contributed by atoms with E-state index in [1.807, 2.05) is 39.0 Å².